The zero-order chi connectivity index (χ0) is 18.4. The lowest BCUT2D eigenvalue weighted by Crippen LogP contribution is -2.17. The first-order valence-electron chi connectivity index (χ1n) is 7.64. The molecule has 0 fully saturated rings. The lowest BCUT2D eigenvalue weighted by molar-refractivity contribution is -0.136. The molecule has 0 aliphatic rings. The molecule has 5 nitrogen and oxygen atoms in total. The molecule has 0 saturated heterocycles. The van der Waals surface area contributed by atoms with E-state index in [0.717, 1.165) is 0 Å². The number of carbonyl (C=O) groups is 2. The summed E-state index contributed by atoms with van der Waals surface area (Å²) < 4.78 is 23.2. The van der Waals surface area contributed by atoms with Gasteiger partial charge in [0.25, 0.3) is 5.91 Å². The van der Waals surface area contributed by atoms with Gasteiger partial charge in [0.1, 0.15) is 17.3 Å². The van der Waals surface area contributed by atoms with Crippen LogP contribution in [0.2, 0.25) is 0 Å². The van der Waals surface area contributed by atoms with E-state index in [1.54, 1.807) is 36.4 Å². The van der Waals surface area contributed by atoms with Crippen LogP contribution >= 0.6 is 11.3 Å². The molecule has 1 aromatic heterocycles. The number of halogens is 1. The molecule has 0 radical (unpaired) electrons. The summed E-state index contributed by atoms with van der Waals surface area (Å²) in [6.07, 6.45) is 0. The van der Waals surface area contributed by atoms with Crippen molar-refractivity contribution in [2.24, 2.45) is 0 Å². The molecule has 26 heavy (non-hydrogen) atoms. The second-order valence-electron chi connectivity index (χ2n) is 5.17. The van der Waals surface area contributed by atoms with Crippen molar-refractivity contribution in [3.05, 3.63) is 76.7 Å². The Morgan fingerprint density at radius 1 is 0.962 bits per heavy atom. The standard InChI is InChI=1S/C19H14FNO4S/c20-13-3-7-15(8-4-13)24-12-18(22)25-16-9-5-14(6-10-16)21-19(23)17-2-1-11-26-17/h1-11H,12H2,(H,21,23). The molecule has 132 valence electrons. The van der Waals surface area contributed by atoms with Gasteiger partial charge in [-0.15, -0.1) is 11.3 Å². The fraction of sp³-hybridized carbons (Fsp3) is 0.0526. The first kappa shape index (κ1) is 17.6. The Kier molecular flexibility index (Phi) is 5.60. The van der Waals surface area contributed by atoms with Gasteiger partial charge < -0.3 is 14.8 Å². The van der Waals surface area contributed by atoms with Crippen LogP contribution in [0.25, 0.3) is 0 Å². The van der Waals surface area contributed by atoms with Crippen molar-refractivity contribution in [3.8, 4) is 11.5 Å². The second kappa shape index (κ2) is 8.26. The average molecular weight is 371 g/mol. The van der Waals surface area contributed by atoms with Crippen LogP contribution in [0.15, 0.2) is 66.0 Å². The van der Waals surface area contributed by atoms with Crippen LogP contribution in [0, 0.1) is 5.82 Å². The minimum Gasteiger partial charge on any atom is -0.482 e. The zero-order valence-electron chi connectivity index (χ0n) is 13.5. The quantitative estimate of drug-likeness (QED) is 0.523. The van der Waals surface area contributed by atoms with Gasteiger partial charge in [-0.25, -0.2) is 9.18 Å². The van der Waals surface area contributed by atoms with Crippen LogP contribution in [-0.2, 0) is 4.79 Å². The van der Waals surface area contributed by atoms with Crippen LogP contribution in [0.3, 0.4) is 0 Å². The highest BCUT2D eigenvalue weighted by Gasteiger charge is 2.09. The van der Waals surface area contributed by atoms with Crippen molar-refractivity contribution >= 4 is 28.9 Å². The molecule has 0 aliphatic carbocycles. The van der Waals surface area contributed by atoms with E-state index in [1.165, 1.54) is 35.6 Å². The molecular weight excluding hydrogens is 357 g/mol. The number of hydrogen-bond acceptors (Lipinski definition) is 5. The third-order valence-corrected chi connectivity index (χ3v) is 4.13. The van der Waals surface area contributed by atoms with Crippen molar-refractivity contribution in [1.29, 1.82) is 0 Å². The molecule has 3 aromatic rings. The Morgan fingerprint density at radius 2 is 1.65 bits per heavy atom. The number of thiophene rings is 1. The van der Waals surface area contributed by atoms with Crippen molar-refractivity contribution in [1.82, 2.24) is 0 Å². The summed E-state index contributed by atoms with van der Waals surface area (Å²) in [5.41, 5.74) is 0.589. The topological polar surface area (TPSA) is 64.6 Å². The maximum atomic E-state index is 12.8. The third kappa shape index (κ3) is 4.90. The van der Waals surface area contributed by atoms with Crippen molar-refractivity contribution in [2.45, 2.75) is 0 Å². The maximum absolute atomic E-state index is 12.8. The molecule has 0 unspecified atom stereocenters. The van der Waals surface area contributed by atoms with Crippen molar-refractivity contribution in [2.75, 3.05) is 11.9 Å². The summed E-state index contributed by atoms with van der Waals surface area (Å²) in [6, 6.07) is 15.3. The van der Waals surface area contributed by atoms with Gasteiger partial charge >= 0.3 is 5.97 Å². The molecule has 1 N–H and O–H groups in total. The molecule has 0 atom stereocenters. The Bertz CT molecular complexity index is 877. The molecule has 2 aromatic carbocycles. The Labute approximate surface area is 153 Å². The molecule has 1 heterocycles. The first-order valence-corrected chi connectivity index (χ1v) is 8.52. The first-order chi connectivity index (χ1) is 12.6. The number of anilines is 1. The molecule has 0 aliphatic heterocycles. The summed E-state index contributed by atoms with van der Waals surface area (Å²) in [6.45, 7) is -0.303. The molecule has 0 spiro atoms. The van der Waals surface area contributed by atoms with Gasteiger partial charge in [-0.1, -0.05) is 6.07 Å². The Morgan fingerprint density at radius 3 is 2.31 bits per heavy atom. The van der Waals surface area contributed by atoms with Gasteiger partial charge in [0.05, 0.1) is 4.88 Å². The number of amides is 1. The van der Waals surface area contributed by atoms with Crippen LogP contribution in [0.4, 0.5) is 10.1 Å². The zero-order valence-corrected chi connectivity index (χ0v) is 14.3. The van der Waals surface area contributed by atoms with Gasteiger partial charge in [0.15, 0.2) is 6.61 Å². The molecular formula is C19H14FNO4S. The van der Waals surface area contributed by atoms with E-state index < -0.39 is 5.97 Å². The molecule has 0 saturated carbocycles. The van der Waals surface area contributed by atoms with Gasteiger partial charge in [-0.2, -0.15) is 0 Å². The predicted octanol–water partition coefficient (Wildman–Crippen LogP) is 4.12. The highest BCUT2D eigenvalue weighted by atomic mass is 32.1. The van der Waals surface area contributed by atoms with E-state index in [0.29, 0.717) is 22.1 Å². The summed E-state index contributed by atoms with van der Waals surface area (Å²) in [4.78, 5) is 24.3. The van der Waals surface area contributed by atoms with Crippen LogP contribution in [-0.4, -0.2) is 18.5 Å². The van der Waals surface area contributed by atoms with E-state index in [1.807, 2.05) is 5.38 Å². The number of ether oxygens (including phenoxy) is 2. The Hall–Kier alpha value is -3.19. The Balaban J connectivity index is 1.49. The monoisotopic (exact) mass is 371 g/mol. The lowest BCUT2D eigenvalue weighted by atomic mass is 10.3. The maximum Gasteiger partial charge on any atom is 0.349 e. The number of rotatable bonds is 6. The van der Waals surface area contributed by atoms with Crippen LogP contribution in [0.5, 0.6) is 11.5 Å². The SMILES string of the molecule is O=C(COc1ccc(F)cc1)Oc1ccc(NC(=O)c2cccs2)cc1. The van der Waals surface area contributed by atoms with E-state index >= 15 is 0 Å². The van der Waals surface area contributed by atoms with Crippen LogP contribution < -0.4 is 14.8 Å². The minimum absolute atomic E-state index is 0.197. The number of hydrogen-bond donors (Lipinski definition) is 1. The predicted molar refractivity (Wildman–Crippen MR) is 96.2 cm³/mol. The smallest absolute Gasteiger partial charge is 0.349 e. The average Bonchev–Trinajstić information content (AvgIpc) is 3.18. The highest BCUT2D eigenvalue weighted by molar-refractivity contribution is 7.12. The molecule has 0 bridgehead atoms. The van der Waals surface area contributed by atoms with E-state index in [9.17, 15) is 14.0 Å². The summed E-state index contributed by atoms with van der Waals surface area (Å²) >= 11 is 1.35. The largest absolute Gasteiger partial charge is 0.482 e. The van der Waals surface area contributed by atoms with Crippen molar-refractivity contribution < 1.29 is 23.5 Å². The fourth-order valence-electron chi connectivity index (χ4n) is 2.04. The second-order valence-corrected chi connectivity index (χ2v) is 6.12. The number of benzene rings is 2. The van der Waals surface area contributed by atoms with Gasteiger partial charge in [-0.05, 0) is 60.0 Å². The number of esters is 1. The minimum atomic E-state index is -0.593. The van der Waals surface area contributed by atoms with Gasteiger partial charge in [0.2, 0.25) is 0 Å². The summed E-state index contributed by atoms with van der Waals surface area (Å²) in [5.74, 6) is -0.477. The van der Waals surface area contributed by atoms with Gasteiger partial charge in [-0.3, -0.25) is 4.79 Å². The van der Waals surface area contributed by atoms with E-state index in [-0.39, 0.29) is 18.3 Å². The van der Waals surface area contributed by atoms with E-state index in [4.69, 9.17) is 9.47 Å². The molecule has 1 amide bonds. The third-order valence-electron chi connectivity index (χ3n) is 3.26. The number of carbonyl (C=O) groups excluding carboxylic acids is 2. The van der Waals surface area contributed by atoms with E-state index in [2.05, 4.69) is 5.32 Å². The molecule has 3 rings (SSSR count). The number of nitrogens with one attached hydrogen (secondary N) is 1. The van der Waals surface area contributed by atoms with Crippen LogP contribution in [0.1, 0.15) is 9.67 Å². The van der Waals surface area contributed by atoms with Gasteiger partial charge in [0, 0.05) is 5.69 Å². The summed E-state index contributed by atoms with van der Waals surface area (Å²) in [7, 11) is 0. The lowest BCUT2D eigenvalue weighted by Gasteiger charge is -2.08. The normalized spacial score (nSPS) is 10.2. The molecule has 7 heteroatoms. The van der Waals surface area contributed by atoms with Crippen molar-refractivity contribution in [3.63, 3.8) is 0 Å². The highest BCUT2D eigenvalue weighted by Crippen LogP contribution is 2.18. The summed E-state index contributed by atoms with van der Waals surface area (Å²) in [5, 5.41) is 4.58. The fourth-order valence-corrected chi connectivity index (χ4v) is 2.66.